The van der Waals surface area contributed by atoms with Gasteiger partial charge in [0.15, 0.2) is 17.6 Å². The van der Waals surface area contributed by atoms with E-state index >= 15 is 0 Å². The Morgan fingerprint density at radius 1 is 1.14 bits per heavy atom. The lowest BCUT2D eigenvalue weighted by molar-refractivity contribution is -0.0809. The van der Waals surface area contributed by atoms with Gasteiger partial charge < -0.3 is 24.1 Å². The van der Waals surface area contributed by atoms with Crippen LogP contribution in [-0.4, -0.2) is 59.4 Å². The molecule has 1 aromatic rings. The number of hydrogen-bond donors (Lipinski definition) is 1. The van der Waals surface area contributed by atoms with Crippen LogP contribution in [0.5, 0.6) is 11.5 Å². The molecule has 1 aliphatic carbocycles. The van der Waals surface area contributed by atoms with Gasteiger partial charge in [0.25, 0.3) is 0 Å². The van der Waals surface area contributed by atoms with E-state index in [9.17, 15) is 9.90 Å². The zero-order valence-electron chi connectivity index (χ0n) is 20.8. The van der Waals surface area contributed by atoms with Gasteiger partial charge in [-0.25, -0.2) is 4.79 Å². The van der Waals surface area contributed by atoms with Crippen LogP contribution in [0, 0.1) is 0 Å². The molecule has 37 heavy (non-hydrogen) atoms. The van der Waals surface area contributed by atoms with Crippen LogP contribution in [-0.2, 0) is 82.7 Å². The first-order chi connectivity index (χ1) is 17.6. The highest BCUT2D eigenvalue weighted by Crippen LogP contribution is 2.55. The molecule has 204 valence electrons. The number of ether oxygens (including phenoxy) is 4. The minimum Gasteiger partial charge on any atom is -0.454 e. The second-order valence-electron chi connectivity index (χ2n) is 9.97. The van der Waals surface area contributed by atoms with Gasteiger partial charge in [-0.3, -0.25) is 4.90 Å². The number of hydrogen-bond acceptors (Lipinski definition) is 9. The molecule has 1 spiro atoms. The molecule has 3 aliphatic heterocycles. The molecule has 7 nitrogen and oxygen atoms in total. The number of fused-ring (bicyclic) bond motifs is 3. The first-order valence-electron chi connectivity index (χ1n) is 11.7. The van der Waals surface area contributed by atoms with Crippen molar-refractivity contribution in [1.29, 1.82) is 0 Å². The van der Waals surface area contributed by atoms with Crippen LogP contribution in [0.3, 0.4) is 0 Å². The average Bonchev–Trinajstić information content (AvgIpc) is 3.49. The van der Waals surface area contributed by atoms with Gasteiger partial charge in [-0.1, -0.05) is 0 Å². The molecular weight excluding hydrogens is 611 g/mol. The number of aliphatic hydroxyl groups excluding tert-OH is 1. The van der Waals surface area contributed by atoms with E-state index in [1.165, 1.54) is 23.3 Å². The number of carbonyl (C=O) groups excluding carboxylic acids is 1. The lowest BCUT2D eigenvalue weighted by Crippen LogP contribution is -2.55. The van der Waals surface area contributed by atoms with Crippen molar-refractivity contribution < 1.29 is 28.8 Å². The van der Waals surface area contributed by atoms with Gasteiger partial charge in [-0.05, 0) is 87.9 Å². The lowest BCUT2D eigenvalue weighted by atomic mass is 9.81. The Balaban J connectivity index is 0.000000405. The van der Waals surface area contributed by atoms with Crippen LogP contribution in [0.1, 0.15) is 51.7 Å². The van der Waals surface area contributed by atoms with E-state index in [0.717, 1.165) is 60.6 Å². The van der Waals surface area contributed by atoms with Crippen molar-refractivity contribution in [2.45, 2.75) is 70.3 Å². The molecule has 0 bridgehead atoms. The molecule has 0 saturated carbocycles. The number of nitrogens with zero attached hydrogens (tertiary/aromatic N) is 1. The minimum absolute atomic E-state index is 0.223. The Morgan fingerprint density at radius 3 is 2.46 bits per heavy atom. The van der Waals surface area contributed by atoms with E-state index in [1.807, 2.05) is 13.0 Å². The Labute approximate surface area is 241 Å². The SMILES string of the molecule is CC1=C2c3cc4c(cc3CCN3CCC[C@]23C(OC(=O)OC(C)(C)C)[C@@H]1O)OCO4.S=S=S=S=S=S=S. The summed E-state index contributed by atoms with van der Waals surface area (Å²) >= 11 is 9.14. The zero-order valence-corrected chi connectivity index (χ0v) is 26.6. The summed E-state index contributed by atoms with van der Waals surface area (Å²) in [6.45, 7) is 9.30. The summed E-state index contributed by atoms with van der Waals surface area (Å²) in [6, 6.07) is 4.09. The first kappa shape index (κ1) is 29.3. The number of aliphatic hydroxyl groups is 1. The summed E-state index contributed by atoms with van der Waals surface area (Å²) in [5, 5.41) is 11.2. The summed E-state index contributed by atoms with van der Waals surface area (Å²) in [4.78, 5) is 15.0. The molecule has 1 aromatic carbocycles. The van der Waals surface area contributed by atoms with Crippen molar-refractivity contribution in [3.63, 3.8) is 0 Å². The number of rotatable bonds is 1. The molecule has 14 heteroatoms. The fourth-order valence-corrected chi connectivity index (χ4v) is 13.9. The van der Waals surface area contributed by atoms with E-state index < -0.39 is 29.5 Å². The summed E-state index contributed by atoms with van der Waals surface area (Å²) in [5.74, 6) is 1.49. The maximum absolute atomic E-state index is 12.6. The molecule has 4 aliphatic rings. The van der Waals surface area contributed by atoms with Crippen LogP contribution >= 0.6 is 0 Å². The molecule has 1 fully saturated rings. The molecule has 1 unspecified atom stereocenters. The van der Waals surface area contributed by atoms with E-state index in [2.05, 4.69) is 33.3 Å². The van der Waals surface area contributed by atoms with E-state index in [4.69, 9.17) is 18.9 Å². The predicted molar refractivity (Wildman–Crippen MR) is 161 cm³/mol. The maximum atomic E-state index is 12.6. The fraction of sp³-hybridized carbons (Fsp3) is 0.609. The van der Waals surface area contributed by atoms with Gasteiger partial charge >= 0.3 is 6.16 Å². The van der Waals surface area contributed by atoms with Gasteiger partial charge in [0.1, 0.15) is 11.7 Å². The van der Waals surface area contributed by atoms with Crippen LogP contribution in [0.25, 0.3) is 5.57 Å². The van der Waals surface area contributed by atoms with E-state index in [-0.39, 0.29) is 6.79 Å². The monoisotopic (exact) mass is 639 g/mol. The third kappa shape index (κ3) is 6.07. The minimum atomic E-state index is -0.885. The highest BCUT2D eigenvalue weighted by atomic mass is 33.4. The predicted octanol–water partition coefficient (Wildman–Crippen LogP) is 3.26. The highest BCUT2D eigenvalue weighted by Gasteiger charge is 2.61. The Bertz CT molecular complexity index is 1310. The number of carbonyl (C=O) groups is 1. The Kier molecular flexibility index (Phi) is 9.66. The summed E-state index contributed by atoms with van der Waals surface area (Å²) in [5.41, 5.74) is 2.93. The van der Waals surface area contributed by atoms with Gasteiger partial charge in [0.05, 0.1) is 5.54 Å². The Hall–Kier alpha value is -0.710. The van der Waals surface area contributed by atoms with Crippen molar-refractivity contribution in [3.8, 4) is 11.5 Å². The first-order valence-corrected chi connectivity index (χ1v) is 19.7. The van der Waals surface area contributed by atoms with Gasteiger partial charge in [0.2, 0.25) is 6.79 Å². The molecule has 1 N–H and O–H groups in total. The van der Waals surface area contributed by atoms with E-state index in [0.29, 0.717) is 0 Å². The smallest absolute Gasteiger partial charge is 0.454 e. The van der Waals surface area contributed by atoms with Gasteiger partial charge in [-0.2, -0.15) is 0 Å². The third-order valence-corrected chi connectivity index (χ3v) is 15.7. The van der Waals surface area contributed by atoms with Gasteiger partial charge in [-0.15, -0.1) is 0 Å². The highest BCUT2D eigenvalue weighted by molar-refractivity contribution is 8.68. The van der Waals surface area contributed by atoms with Crippen molar-refractivity contribution in [3.05, 3.63) is 28.8 Å². The maximum Gasteiger partial charge on any atom is 0.509 e. The van der Waals surface area contributed by atoms with Crippen LogP contribution < -0.4 is 9.47 Å². The van der Waals surface area contributed by atoms with Gasteiger partial charge in [0, 0.05) is 73.3 Å². The van der Waals surface area contributed by atoms with Crippen LogP contribution in [0.4, 0.5) is 4.79 Å². The summed E-state index contributed by atoms with van der Waals surface area (Å²) in [6.07, 6.45) is 0.331. The van der Waals surface area contributed by atoms with E-state index in [1.54, 1.807) is 47.4 Å². The molecule has 0 aromatic heterocycles. The molecular formula is C23H29NO6S7. The second kappa shape index (κ2) is 12.2. The topological polar surface area (TPSA) is 77.5 Å². The molecule has 3 atom stereocenters. The molecule has 1 saturated heterocycles. The summed E-state index contributed by atoms with van der Waals surface area (Å²) in [7, 11) is 7.36. The largest absolute Gasteiger partial charge is 0.509 e. The molecule has 0 amide bonds. The van der Waals surface area contributed by atoms with Crippen molar-refractivity contribution in [2.75, 3.05) is 19.9 Å². The molecule has 5 rings (SSSR count). The van der Waals surface area contributed by atoms with Crippen molar-refractivity contribution in [1.82, 2.24) is 4.90 Å². The van der Waals surface area contributed by atoms with Crippen LogP contribution in [0.15, 0.2) is 17.7 Å². The third-order valence-electron chi connectivity index (χ3n) is 6.82. The lowest BCUT2D eigenvalue weighted by Gasteiger charge is -2.41. The fourth-order valence-electron chi connectivity index (χ4n) is 5.63. The second-order valence-corrected chi connectivity index (χ2v) is 18.8. The molecule has 3 heterocycles. The number of benzene rings is 1. The Morgan fingerprint density at radius 2 is 1.81 bits per heavy atom. The quantitative estimate of drug-likeness (QED) is 0.466. The molecule has 0 radical (unpaired) electrons. The van der Waals surface area contributed by atoms with Crippen molar-refractivity contribution in [2.24, 2.45) is 0 Å². The normalized spacial score (nSPS) is 25.4. The zero-order chi connectivity index (χ0) is 26.8. The standard InChI is InChI=1S/C23H29NO6.S7/c1-13-18-15-11-17-16(27-12-28-17)10-14(15)6-9-24-8-5-7-23(18,24)20(19(13)25)29-21(26)30-22(2,3)4;1-3-5-7-6-4-2/h10-11,19-20,25H,5-9,12H2,1-4H3;/t19-,20?,23-;/m1./s1. The average molecular weight is 640 g/mol. The van der Waals surface area contributed by atoms with Crippen LogP contribution in [0.2, 0.25) is 0 Å². The summed E-state index contributed by atoms with van der Waals surface area (Å²) < 4.78 is 22.5. The van der Waals surface area contributed by atoms with Crippen molar-refractivity contribution >= 4 is 78.5 Å².